The molecule has 22 heavy (non-hydrogen) atoms. The van der Waals surface area contributed by atoms with E-state index in [4.69, 9.17) is 4.55 Å². The van der Waals surface area contributed by atoms with Gasteiger partial charge in [-0.3, -0.25) is 0 Å². The van der Waals surface area contributed by atoms with Crippen molar-refractivity contribution in [3.63, 3.8) is 0 Å². The number of hydrogen-bond donors (Lipinski definition) is 3. The van der Waals surface area contributed by atoms with Crippen LogP contribution >= 0.6 is 12.0 Å². The van der Waals surface area contributed by atoms with Gasteiger partial charge in [0.25, 0.3) is 0 Å². The number of phenols is 1. The third-order valence-corrected chi connectivity index (χ3v) is 4.03. The largest absolute Gasteiger partial charge is 0.507 e. The molecule has 0 radical (unpaired) electrons. The molecule has 124 valence electrons. The first-order valence-electron chi connectivity index (χ1n) is 7.30. The Bertz CT molecular complexity index is 565. The Morgan fingerprint density at radius 1 is 1.14 bits per heavy atom. The summed E-state index contributed by atoms with van der Waals surface area (Å²) in [5.74, 6) is -0.450. The molecule has 0 bridgehead atoms. The van der Waals surface area contributed by atoms with Gasteiger partial charge in [0.2, 0.25) is 0 Å². The van der Waals surface area contributed by atoms with E-state index in [1.807, 2.05) is 41.5 Å². The van der Waals surface area contributed by atoms with E-state index in [1.54, 1.807) is 6.07 Å². The lowest BCUT2D eigenvalue weighted by molar-refractivity contribution is 0.0695. The zero-order chi connectivity index (χ0) is 17.3. The first-order chi connectivity index (χ1) is 9.91. The van der Waals surface area contributed by atoms with Gasteiger partial charge in [0.15, 0.2) is 0 Å². The highest BCUT2D eigenvalue weighted by Gasteiger charge is 2.31. The molecular formula is C17H26O4S. The van der Waals surface area contributed by atoms with Gasteiger partial charge in [-0.2, -0.15) is 0 Å². The van der Waals surface area contributed by atoms with Crippen molar-refractivity contribution >= 4 is 18.0 Å². The monoisotopic (exact) mass is 326 g/mol. The second-order valence-electron chi connectivity index (χ2n) is 7.56. The fourth-order valence-electron chi connectivity index (χ4n) is 2.69. The molecule has 0 saturated carbocycles. The Morgan fingerprint density at radius 3 is 2.05 bits per heavy atom. The van der Waals surface area contributed by atoms with Crippen molar-refractivity contribution in [2.75, 3.05) is 5.75 Å². The van der Waals surface area contributed by atoms with E-state index in [0.29, 0.717) is 40.9 Å². The first kappa shape index (κ1) is 18.8. The summed E-state index contributed by atoms with van der Waals surface area (Å²) < 4.78 is 9.01. The second-order valence-corrected chi connectivity index (χ2v) is 8.23. The van der Waals surface area contributed by atoms with Gasteiger partial charge in [-0.05, 0) is 40.9 Å². The van der Waals surface area contributed by atoms with Crippen LogP contribution in [-0.4, -0.2) is 26.5 Å². The average molecular weight is 326 g/mol. The Hall–Kier alpha value is -1.20. The molecule has 0 heterocycles. The van der Waals surface area contributed by atoms with Crippen LogP contribution in [0.4, 0.5) is 0 Å². The number of phenolic OH excluding ortho intramolecular Hbond substituents is 1. The highest BCUT2D eigenvalue weighted by Crippen LogP contribution is 2.42. The maximum absolute atomic E-state index is 11.7. The molecule has 1 rings (SSSR count). The molecule has 0 unspecified atom stereocenters. The van der Waals surface area contributed by atoms with Gasteiger partial charge in [-0.15, -0.1) is 0 Å². The Kier molecular flexibility index (Phi) is 5.57. The van der Waals surface area contributed by atoms with Crippen LogP contribution < -0.4 is 0 Å². The number of hydrogen-bond acceptors (Lipinski definition) is 4. The molecule has 4 nitrogen and oxygen atoms in total. The van der Waals surface area contributed by atoms with Gasteiger partial charge in [-0.1, -0.05) is 41.5 Å². The van der Waals surface area contributed by atoms with Crippen LogP contribution in [0.15, 0.2) is 6.07 Å². The highest BCUT2D eigenvalue weighted by molar-refractivity contribution is 7.93. The first-order valence-corrected chi connectivity index (χ1v) is 8.25. The smallest absolute Gasteiger partial charge is 0.335 e. The highest BCUT2D eigenvalue weighted by atomic mass is 32.2. The fraction of sp³-hybridized carbons (Fsp3) is 0.588. The minimum atomic E-state index is -1.01. The zero-order valence-corrected chi connectivity index (χ0v) is 15.0. The normalized spacial score (nSPS) is 12.5. The van der Waals surface area contributed by atoms with Crippen molar-refractivity contribution < 1.29 is 19.6 Å². The van der Waals surface area contributed by atoms with Crippen molar-refractivity contribution in [2.24, 2.45) is 0 Å². The topological polar surface area (TPSA) is 77.8 Å². The summed E-state index contributed by atoms with van der Waals surface area (Å²) in [5.41, 5.74) is 1.35. The molecule has 5 heteroatoms. The summed E-state index contributed by atoms with van der Waals surface area (Å²) in [6, 6.07) is 1.57. The molecule has 0 saturated heterocycles. The summed E-state index contributed by atoms with van der Waals surface area (Å²) in [5, 5.41) is 20.4. The number of benzene rings is 1. The van der Waals surface area contributed by atoms with Crippen molar-refractivity contribution in [3.05, 3.63) is 28.3 Å². The minimum Gasteiger partial charge on any atom is -0.507 e. The summed E-state index contributed by atoms with van der Waals surface area (Å²) in [6.07, 6.45) is 0.396. The van der Waals surface area contributed by atoms with Crippen molar-refractivity contribution in [1.29, 1.82) is 0 Å². The van der Waals surface area contributed by atoms with Gasteiger partial charge < -0.3 is 14.8 Å². The third kappa shape index (κ3) is 3.96. The van der Waals surface area contributed by atoms with Gasteiger partial charge >= 0.3 is 5.97 Å². The van der Waals surface area contributed by atoms with Crippen LogP contribution in [0, 0.1) is 0 Å². The van der Waals surface area contributed by atoms with E-state index in [9.17, 15) is 15.0 Å². The van der Waals surface area contributed by atoms with Crippen LogP contribution in [0.1, 0.15) is 68.6 Å². The van der Waals surface area contributed by atoms with E-state index < -0.39 is 11.4 Å². The number of carboxylic acid groups (broad SMARTS) is 1. The maximum atomic E-state index is 11.7. The Balaban J connectivity index is 3.80. The number of carbonyl (C=O) groups is 1. The summed E-state index contributed by atoms with van der Waals surface area (Å²) in [4.78, 5) is 11.7. The van der Waals surface area contributed by atoms with Crippen LogP contribution in [-0.2, 0) is 17.3 Å². The summed E-state index contributed by atoms with van der Waals surface area (Å²) in [7, 11) is 0. The molecular weight excluding hydrogens is 300 g/mol. The predicted molar refractivity (Wildman–Crippen MR) is 91.3 cm³/mol. The molecule has 1 aromatic rings. The van der Waals surface area contributed by atoms with E-state index in [2.05, 4.69) is 0 Å². The molecule has 0 amide bonds. The Labute approximate surface area is 136 Å². The van der Waals surface area contributed by atoms with Gasteiger partial charge in [0.05, 0.1) is 5.56 Å². The number of carboxylic acids is 1. The Morgan fingerprint density at radius 2 is 1.68 bits per heavy atom. The molecule has 0 aliphatic carbocycles. The number of rotatable bonds is 4. The molecule has 1 aromatic carbocycles. The molecule has 0 aliphatic rings. The lowest BCUT2D eigenvalue weighted by Crippen LogP contribution is -2.22. The fourth-order valence-corrected chi connectivity index (χ4v) is 2.99. The van der Waals surface area contributed by atoms with Crippen molar-refractivity contribution in [3.8, 4) is 5.75 Å². The third-order valence-electron chi connectivity index (χ3n) is 3.64. The quantitative estimate of drug-likeness (QED) is 0.713. The lowest BCUT2D eigenvalue weighted by Gasteiger charge is -2.30. The molecule has 0 fully saturated rings. The SMILES string of the molecule is CC(C)(C)c1cc(C(=O)O)c(CCSO)c(C(C)(C)C)c1O. The molecule has 3 N–H and O–H groups in total. The second kappa shape index (κ2) is 6.50. The predicted octanol–water partition coefficient (Wildman–Crippen LogP) is 4.43. The van der Waals surface area contributed by atoms with Crippen LogP contribution in [0.2, 0.25) is 0 Å². The van der Waals surface area contributed by atoms with Gasteiger partial charge in [-0.25, -0.2) is 4.79 Å². The van der Waals surface area contributed by atoms with E-state index >= 15 is 0 Å². The standard InChI is InChI=1S/C17H26O4S/c1-16(2,3)12-9-11(15(19)20)10(7-8-22-21)13(14(12)18)17(4,5)6/h9,18,21H,7-8H2,1-6H3,(H,19,20). The van der Waals surface area contributed by atoms with E-state index in [-0.39, 0.29) is 16.7 Å². The van der Waals surface area contributed by atoms with E-state index in [0.717, 1.165) is 0 Å². The molecule has 0 spiro atoms. The number of aromatic hydroxyl groups is 1. The van der Waals surface area contributed by atoms with Crippen LogP contribution in [0.25, 0.3) is 0 Å². The lowest BCUT2D eigenvalue weighted by atomic mass is 9.75. The van der Waals surface area contributed by atoms with Crippen LogP contribution in [0.5, 0.6) is 5.75 Å². The summed E-state index contributed by atoms with van der Waals surface area (Å²) in [6.45, 7) is 11.7. The zero-order valence-electron chi connectivity index (χ0n) is 14.1. The molecule has 0 atom stereocenters. The van der Waals surface area contributed by atoms with Crippen molar-refractivity contribution in [1.82, 2.24) is 0 Å². The minimum absolute atomic E-state index is 0.169. The van der Waals surface area contributed by atoms with E-state index in [1.165, 1.54) is 0 Å². The maximum Gasteiger partial charge on any atom is 0.335 e. The van der Waals surface area contributed by atoms with Crippen LogP contribution in [0.3, 0.4) is 0 Å². The summed E-state index contributed by atoms with van der Waals surface area (Å²) >= 11 is 0.677. The number of aromatic carboxylic acids is 1. The van der Waals surface area contributed by atoms with Gasteiger partial charge in [0, 0.05) is 16.9 Å². The van der Waals surface area contributed by atoms with Gasteiger partial charge in [0.1, 0.15) is 5.75 Å². The van der Waals surface area contributed by atoms with Crippen molar-refractivity contribution in [2.45, 2.75) is 58.8 Å². The average Bonchev–Trinajstić information content (AvgIpc) is 2.32. The molecule has 0 aromatic heterocycles. The molecule has 0 aliphatic heterocycles.